The van der Waals surface area contributed by atoms with Gasteiger partial charge in [0, 0.05) is 25.5 Å². The average molecular weight is 326 g/mol. The fourth-order valence-electron chi connectivity index (χ4n) is 3.44. The van der Waals surface area contributed by atoms with Crippen LogP contribution in [0.5, 0.6) is 0 Å². The zero-order chi connectivity index (χ0) is 16.9. The number of piperidine rings is 1. The highest BCUT2D eigenvalue weighted by atomic mass is 16.2. The van der Waals surface area contributed by atoms with Crippen molar-refractivity contribution in [1.29, 1.82) is 0 Å². The number of carbonyl (C=O) groups excluding carboxylic acids is 1. The zero-order valence-corrected chi connectivity index (χ0v) is 14.5. The van der Waals surface area contributed by atoms with Crippen LogP contribution >= 0.6 is 0 Å². The maximum absolute atomic E-state index is 13.3. The summed E-state index contributed by atoms with van der Waals surface area (Å²) in [5.41, 5.74) is 1.06. The first-order valence-electron chi connectivity index (χ1n) is 8.73. The molecule has 1 amide bonds. The van der Waals surface area contributed by atoms with E-state index in [1.165, 1.54) is 0 Å². The van der Waals surface area contributed by atoms with E-state index in [0.717, 1.165) is 38.0 Å². The van der Waals surface area contributed by atoms with Gasteiger partial charge in [0.2, 0.25) is 5.91 Å². The number of nitrogens with zero attached hydrogens (tertiary/aromatic N) is 4. The maximum atomic E-state index is 13.3. The van der Waals surface area contributed by atoms with E-state index >= 15 is 0 Å². The van der Waals surface area contributed by atoms with Gasteiger partial charge in [0.05, 0.1) is 6.04 Å². The Labute approximate surface area is 143 Å². The third-order valence-electron chi connectivity index (χ3n) is 4.90. The van der Waals surface area contributed by atoms with Gasteiger partial charge in [-0.1, -0.05) is 37.3 Å². The number of rotatable bonds is 5. The van der Waals surface area contributed by atoms with Crippen molar-refractivity contribution < 1.29 is 4.79 Å². The normalized spacial score (nSPS) is 19.5. The second kappa shape index (κ2) is 7.62. The molecule has 2 heterocycles. The Morgan fingerprint density at radius 2 is 2.12 bits per heavy atom. The molecule has 1 fully saturated rings. The summed E-state index contributed by atoms with van der Waals surface area (Å²) >= 11 is 0. The molecule has 128 valence electrons. The third-order valence-corrected chi connectivity index (χ3v) is 4.90. The van der Waals surface area contributed by atoms with E-state index < -0.39 is 0 Å². The number of amides is 1. The zero-order valence-electron chi connectivity index (χ0n) is 14.5. The lowest BCUT2D eigenvalue weighted by Gasteiger charge is -2.37. The van der Waals surface area contributed by atoms with Crippen LogP contribution < -0.4 is 0 Å². The summed E-state index contributed by atoms with van der Waals surface area (Å²) < 4.78 is 1.99. The summed E-state index contributed by atoms with van der Waals surface area (Å²) in [6.45, 7) is 4.49. The lowest BCUT2D eigenvalue weighted by Crippen LogP contribution is -2.46. The third kappa shape index (κ3) is 3.51. The molecule has 1 saturated heterocycles. The van der Waals surface area contributed by atoms with E-state index in [9.17, 15) is 4.79 Å². The Balaban J connectivity index is 1.79. The van der Waals surface area contributed by atoms with Crippen molar-refractivity contribution in [2.75, 3.05) is 26.7 Å². The molecular formula is C19H26N4O. The van der Waals surface area contributed by atoms with Crippen molar-refractivity contribution in [3.63, 3.8) is 0 Å². The Morgan fingerprint density at radius 1 is 1.33 bits per heavy atom. The lowest BCUT2D eigenvalue weighted by molar-refractivity contribution is -0.138. The van der Waals surface area contributed by atoms with Crippen molar-refractivity contribution in [2.45, 2.75) is 31.8 Å². The molecule has 0 saturated carbocycles. The largest absolute Gasteiger partial charge is 0.339 e. The second-order valence-electron chi connectivity index (χ2n) is 6.45. The SMILES string of the molecule is CCN(C)[C@@H](C(=O)N1CCC[C@H](n2cccn2)C1)c1ccccc1. The summed E-state index contributed by atoms with van der Waals surface area (Å²) in [4.78, 5) is 17.4. The number of aromatic nitrogens is 2. The quantitative estimate of drug-likeness (QED) is 0.848. The number of hydrogen-bond donors (Lipinski definition) is 0. The Hall–Kier alpha value is -2.14. The standard InChI is InChI=1S/C19H26N4O/c1-3-21(2)18(16-9-5-4-6-10-16)19(24)22-13-7-11-17(15-22)23-14-8-12-20-23/h4-6,8-10,12,14,17-18H,3,7,11,13,15H2,1-2H3/t17-,18+/m0/s1. The molecule has 1 aromatic carbocycles. The Bertz CT molecular complexity index is 641. The van der Waals surface area contributed by atoms with Gasteiger partial charge in [0.15, 0.2) is 0 Å². The van der Waals surface area contributed by atoms with Crippen LogP contribution in [0.4, 0.5) is 0 Å². The number of hydrogen-bond acceptors (Lipinski definition) is 3. The first kappa shape index (κ1) is 16.7. The molecule has 0 radical (unpaired) electrons. The van der Waals surface area contributed by atoms with E-state index in [1.54, 1.807) is 6.20 Å². The highest BCUT2D eigenvalue weighted by Gasteiger charge is 2.32. The van der Waals surface area contributed by atoms with Gasteiger partial charge >= 0.3 is 0 Å². The molecule has 2 aromatic rings. The molecule has 0 spiro atoms. The molecule has 1 aromatic heterocycles. The Morgan fingerprint density at radius 3 is 2.79 bits per heavy atom. The van der Waals surface area contributed by atoms with Crippen molar-refractivity contribution >= 4 is 5.91 Å². The van der Waals surface area contributed by atoms with Crippen LogP contribution in [0, 0.1) is 0 Å². The predicted molar refractivity (Wildman–Crippen MR) is 94.6 cm³/mol. The molecule has 1 aliphatic heterocycles. The maximum Gasteiger partial charge on any atom is 0.244 e. The van der Waals surface area contributed by atoms with Crippen LogP contribution in [0.15, 0.2) is 48.8 Å². The van der Waals surface area contributed by atoms with Gasteiger partial charge in [-0.3, -0.25) is 14.4 Å². The first-order chi connectivity index (χ1) is 11.7. The first-order valence-corrected chi connectivity index (χ1v) is 8.73. The topological polar surface area (TPSA) is 41.4 Å². The highest BCUT2D eigenvalue weighted by Crippen LogP contribution is 2.27. The van der Waals surface area contributed by atoms with Crippen molar-refractivity contribution in [2.24, 2.45) is 0 Å². The fraction of sp³-hybridized carbons (Fsp3) is 0.474. The van der Waals surface area contributed by atoms with Crippen molar-refractivity contribution in [3.8, 4) is 0 Å². The lowest BCUT2D eigenvalue weighted by atomic mass is 10.0. The van der Waals surface area contributed by atoms with E-state index in [4.69, 9.17) is 0 Å². The van der Waals surface area contributed by atoms with Gasteiger partial charge in [-0.2, -0.15) is 5.10 Å². The molecule has 0 aliphatic carbocycles. The van der Waals surface area contributed by atoms with Crippen LogP contribution in [0.25, 0.3) is 0 Å². The molecule has 0 bridgehead atoms. The van der Waals surface area contributed by atoms with E-state index in [-0.39, 0.29) is 18.0 Å². The molecule has 0 unspecified atom stereocenters. The van der Waals surface area contributed by atoms with Gasteiger partial charge in [-0.05, 0) is 38.1 Å². The van der Waals surface area contributed by atoms with Crippen LogP contribution in [0.1, 0.15) is 37.4 Å². The molecule has 5 heteroatoms. The van der Waals surface area contributed by atoms with Crippen LogP contribution in [-0.4, -0.2) is 52.2 Å². The smallest absolute Gasteiger partial charge is 0.244 e. The molecule has 0 N–H and O–H groups in total. The molecule has 1 aliphatic rings. The van der Waals surface area contributed by atoms with Crippen LogP contribution in [-0.2, 0) is 4.79 Å². The van der Waals surface area contributed by atoms with Gasteiger partial charge in [0.25, 0.3) is 0 Å². The number of carbonyl (C=O) groups is 1. The summed E-state index contributed by atoms with van der Waals surface area (Å²) in [5.74, 6) is 0.197. The fourth-order valence-corrected chi connectivity index (χ4v) is 3.44. The molecule has 24 heavy (non-hydrogen) atoms. The van der Waals surface area contributed by atoms with Gasteiger partial charge in [0.1, 0.15) is 6.04 Å². The van der Waals surface area contributed by atoms with Crippen LogP contribution in [0.3, 0.4) is 0 Å². The van der Waals surface area contributed by atoms with Gasteiger partial charge in [-0.15, -0.1) is 0 Å². The molecule has 5 nitrogen and oxygen atoms in total. The molecular weight excluding hydrogens is 300 g/mol. The highest BCUT2D eigenvalue weighted by molar-refractivity contribution is 5.83. The number of benzene rings is 1. The van der Waals surface area contributed by atoms with Gasteiger partial charge in [-0.25, -0.2) is 0 Å². The Kier molecular flexibility index (Phi) is 5.30. The van der Waals surface area contributed by atoms with Gasteiger partial charge < -0.3 is 4.90 Å². The number of likely N-dealkylation sites (N-methyl/N-ethyl adjacent to an activating group) is 1. The monoisotopic (exact) mass is 326 g/mol. The van der Waals surface area contributed by atoms with Crippen molar-refractivity contribution in [1.82, 2.24) is 19.6 Å². The molecule has 3 rings (SSSR count). The summed E-state index contributed by atoms with van der Waals surface area (Å²) in [7, 11) is 2.02. The molecule has 2 atom stereocenters. The second-order valence-corrected chi connectivity index (χ2v) is 6.45. The average Bonchev–Trinajstić information content (AvgIpc) is 3.17. The minimum Gasteiger partial charge on any atom is -0.339 e. The van der Waals surface area contributed by atoms with Crippen LogP contribution in [0.2, 0.25) is 0 Å². The predicted octanol–water partition coefficient (Wildman–Crippen LogP) is 2.74. The summed E-state index contributed by atoms with van der Waals surface area (Å²) in [6, 6.07) is 12.1. The summed E-state index contributed by atoms with van der Waals surface area (Å²) in [6.07, 6.45) is 5.89. The minimum absolute atomic E-state index is 0.197. The van der Waals surface area contributed by atoms with Crippen molar-refractivity contribution in [3.05, 3.63) is 54.4 Å². The van der Waals surface area contributed by atoms with E-state index in [2.05, 4.69) is 16.9 Å². The number of likely N-dealkylation sites (tertiary alicyclic amines) is 1. The van der Waals surface area contributed by atoms with E-state index in [0.29, 0.717) is 0 Å². The summed E-state index contributed by atoms with van der Waals surface area (Å²) in [5, 5.41) is 4.36. The minimum atomic E-state index is -0.215. The van der Waals surface area contributed by atoms with E-state index in [1.807, 2.05) is 59.2 Å².